The van der Waals surface area contributed by atoms with Crippen LogP contribution in [0.4, 0.5) is 0 Å². The van der Waals surface area contributed by atoms with Crippen LogP contribution in [0.25, 0.3) is 0 Å². The average Bonchev–Trinajstić information content (AvgIpc) is 2.45. The highest BCUT2D eigenvalue weighted by Crippen LogP contribution is 2.25. The molecule has 1 atom stereocenters. The molecule has 0 saturated carbocycles. The Kier molecular flexibility index (Phi) is 3.74. The number of likely N-dealkylation sites (tertiary alicyclic amines) is 1. The van der Waals surface area contributed by atoms with Gasteiger partial charge in [-0.05, 0) is 5.92 Å². The average molecular weight is 210 g/mol. The quantitative estimate of drug-likeness (QED) is 0.382. The Morgan fingerprint density at radius 3 is 2.67 bits per heavy atom. The summed E-state index contributed by atoms with van der Waals surface area (Å²) >= 11 is 0. The Morgan fingerprint density at radius 2 is 2.20 bits per heavy atom. The number of isocyanates is 1. The van der Waals surface area contributed by atoms with Gasteiger partial charge < -0.3 is 0 Å². The Balaban J connectivity index is 2.62. The van der Waals surface area contributed by atoms with Crippen LogP contribution < -0.4 is 0 Å². The van der Waals surface area contributed by atoms with E-state index in [0.717, 1.165) is 0 Å². The van der Waals surface area contributed by atoms with E-state index in [4.69, 9.17) is 0 Å². The highest BCUT2D eigenvalue weighted by molar-refractivity contribution is 6.03. The summed E-state index contributed by atoms with van der Waals surface area (Å²) in [5, 5.41) is 0. The normalized spacial score (nSPS) is 21.0. The molecule has 1 unspecified atom stereocenters. The molecule has 1 saturated heterocycles. The topological polar surface area (TPSA) is 66.8 Å². The van der Waals surface area contributed by atoms with Crippen molar-refractivity contribution in [3.05, 3.63) is 0 Å². The number of carbonyl (C=O) groups excluding carboxylic acids is 3. The van der Waals surface area contributed by atoms with Crippen LogP contribution in [-0.2, 0) is 14.4 Å². The van der Waals surface area contributed by atoms with E-state index in [9.17, 15) is 14.4 Å². The zero-order valence-electron chi connectivity index (χ0n) is 8.90. The number of hydrogen-bond donors (Lipinski definition) is 0. The molecule has 1 heterocycles. The molecule has 2 amide bonds. The summed E-state index contributed by atoms with van der Waals surface area (Å²) in [6.07, 6.45) is 1.66. The van der Waals surface area contributed by atoms with Crippen molar-refractivity contribution >= 4 is 17.9 Å². The summed E-state index contributed by atoms with van der Waals surface area (Å²) in [5.41, 5.74) is 0. The highest BCUT2D eigenvalue weighted by atomic mass is 16.2. The van der Waals surface area contributed by atoms with Gasteiger partial charge >= 0.3 is 0 Å². The molecule has 15 heavy (non-hydrogen) atoms. The van der Waals surface area contributed by atoms with E-state index in [1.54, 1.807) is 0 Å². The van der Waals surface area contributed by atoms with E-state index in [1.807, 2.05) is 13.8 Å². The second-order valence-electron chi connectivity index (χ2n) is 3.91. The number of aliphatic imine (C=N–C) groups is 1. The Labute approximate surface area is 88.2 Å². The molecule has 0 aromatic heterocycles. The number of hydrogen-bond acceptors (Lipinski definition) is 4. The molecule has 0 spiro atoms. The van der Waals surface area contributed by atoms with Crippen LogP contribution in [-0.4, -0.2) is 35.9 Å². The predicted molar refractivity (Wildman–Crippen MR) is 52.7 cm³/mol. The fourth-order valence-electron chi connectivity index (χ4n) is 1.66. The van der Waals surface area contributed by atoms with Gasteiger partial charge in [0.15, 0.2) is 0 Å². The van der Waals surface area contributed by atoms with Crippen molar-refractivity contribution in [2.45, 2.75) is 20.3 Å². The number of amides is 2. The molecule has 0 N–H and O–H groups in total. The van der Waals surface area contributed by atoms with Crippen molar-refractivity contribution in [1.82, 2.24) is 4.90 Å². The molecule has 1 aliphatic rings. The van der Waals surface area contributed by atoms with Crippen molar-refractivity contribution in [3.63, 3.8) is 0 Å². The molecular formula is C10H14N2O3. The maximum Gasteiger partial charge on any atom is 0.235 e. The lowest BCUT2D eigenvalue weighted by atomic mass is 9.94. The molecule has 5 nitrogen and oxygen atoms in total. The third-order valence-corrected chi connectivity index (χ3v) is 2.58. The van der Waals surface area contributed by atoms with Gasteiger partial charge in [0.1, 0.15) is 0 Å². The monoisotopic (exact) mass is 210 g/mol. The molecule has 82 valence electrons. The summed E-state index contributed by atoms with van der Waals surface area (Å²) in [6.45, 7) is 4.17. The number of nitrogens with zero attached hydrogens (tertiary/aromatic N) is 2. The smallest absolute Gasteiger partial charge is 0.235 e. The number of imide groups is 1. The summed E-state index contributed by atoms with van der Waals surface area (Å²) in [5.74, 6) is -0.352. The van der Waals surface area contributed by atoms with Crippen LogP contribution in [0, 0.1) is 11.8 Å². The van der Waals surface area contributed by atoms with Crippen LogP contribution in [0.2, 0.25) is 0 Å². The lowest BCUT2D eigenvalue weighted by molar-refractivity contribution is -0.139. The van der Waals surface area contributed by atoms with Crippen molar-refractivity contribution in [1.29, 1.82) is 0 Å². The van der Waals surface area contributed by atoms with Crippen molar-refractivity contribution in [2.75, 3.05) is 13.1 Å². The summed E-state index contributed by atoms with van der Waals surface area (Å²) in [7, 11) is 0. The molecule has 1 rings (SSSR count). The van der Waals surface area contributed by atoms with Gasteiger partial charge in [-0.3, -0.25) is 14.5 Å². The molecule has 0 bridgehead atoms. The van der Waals surface area contributed by atoms with E-state index >= 15 is 0 Å². The largest absolute Gasteiger partial charge is 0.280 e. The first-order valence-electron chi connectivity index (χ1n) is 4.95. The first kappa shape index (κ1) is 11.6. The maximum absolute atomic E-state index is 11.7. The number of rotatable bonds is 4. The minimum absolute atomic E-state index is 0.143. The van der Waals surface area contributed by atoms with Gasteiger partial charge in [0.05, 0.1) is 6.54 Å². The van der Waals surface area contributed by atoms with Gasteiger partial charge in [0.25, 0.3) is 0 Å². The van der Waals surface area contributed by atoms with Gasteiger partial charge in [-0.25, -0.2) is 9.79 Å². The van der Waals surface area contributed by atoms with E-state index in [1.165, 1.54) is 11.0 Å². The van der Waals surface area contributed by atoms with Crippen LogP contribution in [0.1, 0.15) is 20.3 Å². The van der Waals surface area contributed by atoms with Gasteiger partial charge in [0, 0.05) is 18.9 Å². The summed E-state index contributed by atoms with van der Waals surface area (Å²) < 4.78 is 0. The highest BCUT2D eigenvalue weighted by Gasteiger charge is 2.39. The standard InChI is InChI=1S/C10H14N2O3/c1-7(2)8-5-9(14)12(10(8)15)4-3-11-6-13/h7-8H,3-5H2,1-2H3. The minimum atomic E-state index is -0.210. The second-order valence-corrected chi connectivity index (χ2v) is 3.91. The third kappa shape index (κ3) is 2.50. The van der Waals surface area contributed by atoms with Crippen molar-refractivity contribution in [2.24, 2.45) is 16.8 Å². The molecule has 0 radical (unpaired) electrons. The molecule has 1 fully saturated rings. The first-order chi connectivity index (χ1) is 7.07. The van der Waals surface area contributed by atoms with Crippen LogP contribution >= 0.6 is 0 Å². The Bertz CT molecular complexity index is 319. The predicted octanol–water partition coefficient (Wildman–Crippen LogP) is 0.353. The first-order valence-corrected chi connectivity index (χ1v) is 4.95. The zero-order chi connectivity index (χ0) is 11.4. The molecule has 0 aliphatic carbocycles. The molecule has 5 heteroatoms. The van der Waals surface area contributed by atoms with E-state index < -0.39 is 0 Å². The van der Waals surface area contributed by atoms with Crippen LogP contribution in [0.5, 0.6) is 0 Å². The fourth-order valence-corrected chi connectivity index (χ4v) is 1.66. The summed E-state index contributed by atoms with van der Waals surface area (Å²) in [6, 6.07) is 0. The van der Waals surface area contributed by atoms with E-state index in [2.05, 4.69) is 4.99 Å². The fraction of sp³-hybridized carbons (Fsp3) is 0.700. The molecular weight excluding hydrogens is 196 g/mol. The maximum atomic E-state index is 11.7. The Morgan fingerprint density at radius 1 is 1.53 bits per heavy atom. The SMILES string of the molecule is CC(C)C1CC(=O)N(CCN=C=O)C1=O. The van der Waals surface area contributed by atoms with Crippen molar-refractivity contribution < 1.29 is 14.4 Å². The van der Waals surface area contributed by atoms with Crippen LogP contribution in [0.3, 0.4) is 0 Å². The van der Waals surface area contributed by atoms with Crippen LogP contribution in [0.15, 0.2) is 4.99 Å². The second kappa shape index (κ2) is 4.84. The van der Waals surface area contributed by atoms with Gasteiger partial charge in [-0.1, -0.05) is 13.8 Å². The summed E-state index contributed by atoms with van der Waals surface area (Å²) in [4.78, 5) is 37.5. The number of carbonyl (C=O) groups is 2. The van der Waals surface area contributed by atoms with E-state index in [-0.39, 0.29) is 43.2 Å². The van der Waals surface area contributed by atoms with Gasteiger partial charge in [-0.15, -0.1) is 0 Å². The Hall–Kier alpha value is -1.48. The molecule has 1 aliphatic heterocycles. The van der Waals surface area contributed by atoms with E-state index in [0.29, 0.717) is 0 Å². The van der Waals surface area contributed by atoms with Gasteiger partial charge in [-0.2, -0.15) is 0 Å². The van der Waals surface area contributed by atoms with Gasteiger partial charge in [0.2, 0.25) is 17.9 Å². The molecule has 0 aromatic rings. The zero-order valence-corrected chi connectivity index (χ0v) is 8.90. The molecule has 0 aromatic carbocycles. The lowest BCUT2D eigenvalue weighted by Crippen LogP contribution is -2.33. The third-order valence-electron chi connectivity index (χ3n) is 2.58. The van der Waals surface area contributed by atoms with Crippen molar-refractivity contribution in [3.8, 4) is 0 Å². The minimum Gasteiger partial charge on any atom is -0.280 e. The lowest BCUT2D eigenvalue weighted by Gasteiger charge is -2.14.